The van der Waals surface area contributed by atoms with Crippen LogP contribution in [0.15, 0.2) is 36.4 Å². The Hall–Kier alpha value is -1.74. The minimum Gasteiger partial charge on any atom is -0.507 e. The molecule has 0 aliphatic rings. The summed E-state index contributed by atoms with van der Waals surface area (Å²) < 4.78 is 0.988. The maximum Gasteiger partial charge on any atom is 0.172 e. The van der Waals surface area contributed by atoms with Crippen LogP contribution in [-0.2, 0) is 0 Å². The molecule has 3 rings (SSSR count). The first-order valence-electron chi connectivity index (χ1n) is 4.59. The maximum absolute atomic E-state index is 9.80. The largest absolute Gasteiger partial charge is 0.507 e. The Bertz CT molecular complexity index is 655. The third-order valence-corrected chi connectivity index (χ3v) is 3.41. The highest BCUT2D eigenvalue weighted by atomic mass is 32.1. The van der Waals surface area contributed by atoms with Crippen molar-refractivity contribution in [3.05, 3.63) is 36.4 Å². The highest BCUT2D eigenvalue weighted by molar-refractivity contribution is 7.20. The van der Waals surface area contributed by atoms with Crippen molar-refractivity contribution in [1.29, 1.82) is 0 Å². The van der Waals surface area contributed by atoms with Crippen LogP contribution in [0, 0.1) is 0 Å². The van der Waals surface area contributed by atoms with Crippen molar-refractivity contribution in [3.63, 3.8) is 0 Å². The number of hydrogen-bond acceptors (Lipinski definition) is 3. The van der Waals surface area contributed by atoms with Gasteiger partial charge in [0, 0.05) is 21.5 Å². The van der Waals surface area contributed by atoms with E-state index in [0.29, 0.717) is 0 Å². The molecule has 0 fully saturated rings. The van der Waals surface area contributed by atoms with Crippen LogP contribution in [0.5, 0.6) is 10.8 Å². The Labute approximate surface area is 90.0 Å². The molecule has 0 saturated carbocycles. The second-order valence-corrected chi connectivity index (χ2v) is 4.50. The Morgan fingerprint density at radius 3 is 2.73 bits per heavy atom. The molecule has 2 nitrogen and oxygen atoms in total. The van der Waals surface area contributed by atoms with E-state index in [4.69, 9.17) is 0 Å². The normalized spacial score (nSPS) is 11.2. The van der Waals surface area contributed by atoms with Gasteiger partial charge in [-0.2, -0.15) is 0 Å². The molecule has 0 bridgehead atoms. The van der Waals surface area contributed by atoms with Crippen molar-refractivity contribution < 1.29 is 10.2 Å². The van der Waals surface area contributed by atoms with E-state index in [1.54, 1.807) is 12.1 Å². The van der Waals surface area contributed by atoms with Crippen LogP contribution < -0.4 is 0 Å². The summed E-state index contributed by atoms with van der Waals surface area (Å²) in [6, 6.07) is 11.0. The van der Waals surface area contributed by atoms with Gasteiger partial charge in [0.05, 0.1) is 0 Å². The zero-order chi connectivity index (χ0) is 10.4. The predicted molar refractivity (Wildman–Crippen MR) is 62.7 cm³/mol. The summed E-state index contributed by atoms with van der Waals surface area (Å²) in [6.07, 6.45) is 0. The smallest absolute Gasteiger partial charge is 0.172 e. The fourth-order valence-electron chi connectivity index (χ4n) is 1.87. The summed E-state index contributed by atoms with van der Waals surface area (Å²) in [7, 11) is 0. The summed E-state index contributed by atoms with van der Waals surface area (Å²) in [5.74, 6) is 0.260. The van der Waals surface area contributed by atoms with Gasteiger partial charge in [0.1, 0.15) is 5.75 Å². The SMILES string of the molecule is Oc1cc2c(ccc3cccc(O)c32)s1. The van der Waals surface area contributed by atoms with E-state index in [1.807, 2.05) is 24.3 Å². The van der Waals surface area contributed by atoms with Crippen molar-refractivity contribution in [2.75, 3.05) is 0 Å². The second-order valence-electron chi connectivity index (χ2n) is 3.44. The molecule has 1 aromatic heterocycles. The summed E-state index contributed by atoms with van der Waals surface area (Å²) in [4.78, 5) is 0. The summed E-state index contributed by atoms with van der Waals surface area (Å²) in [5.41, 5.74) is 0. The highest BCUT2D eigenvalue weighted by Crippen LogP contribution is 2.38. The number of hydrogen-bond donors (Lipinski definition) is 2. The minimum atomic E-state index is 0.260. The van der Waals surface area contributed by atoms with Crippen molar-refractivity contribution in [2.45, 2.75) is 0 Å². The van der Waals surface area contributed by atoms with Crippen LogP contribution in [0.3, 0.4) is 0 Å². The van der Waals surface area contributed by atoms with Gasteiger partial charge in [0.2, 0.25) is 0 Å². The standard InChI is InChI=1S/C12H8O2S/c13-9-3-1-2-7-4-5-10-8(12(7)9)6-11(14)15-10/h1-6,13-14H. The number of phenols is 1. The average molecular weight is 216 g/mol. The first kappa shape index (κ1) is 8.56. The molecular formula is C12H8O2S. The molecule has 1 heterocycles. The molecule has 0 unspecified atom stereocenters. The quantitative estimate of drug-likeness (QED) is 0.604. The molecule has 0 atom stereocenters. The van der Waals surface area contributed by atoms with Crippen LogP contribution >= 0.6 is 11.3 Å². The monoisotopic (exact) mass is 216 g/mol. The topological polar surface area (TPSA) is 40.5 Å². The molecule has 0 aliphatic heterocycles. The van der Waals surface area contributed by atoms with Gasteiger partial charge < -0.3 is 10.2 Å². The number of rotatable bonds is 0. The lowest BCUT2D eigenvalue weighted by atomic mass is 10.1. The Balaban J connectivity index is 2.62. The van der Waals surface area contributed by atoms with Crippen molar-refractivity contribution >= 4 is 32.2 Å². The van der Waals surface area contributed by atoms with E-state index in [1.165, 1.54) is 11.3 Å². The molecule has 2 aromatic carbocycles. The van der Waals surface area contributed by atoms with Crippen molar-refractivity contribution in [2.24, 2.45) is 0 Å². The van der Waals surface area contributed by atoms with Gasteiger partial charge in [-0.05, 0) is 17.5 Å². The molecule has 0 radical (unpaired) electrons. The molecule has 0 saturated heterocycles. The molecule has 3 heteroatoms. The van der Waals surface area contributed by atoms with Crippen LogP contribution in [-0.4, -0.2) is 10.2 Å². The molecular weight excluding hydrogens is 208 g/mol. The lowest BCUT2D eigenvalue weighted by molar-refractivity contribution is 0.482. The Morgan fingerprint density at radius 2 is 1.87 bits per heavy atom. The number of thiophene rings is 1. The molecule has 0 aliphatic carbocycles. The lowest BCUT2D eigenvalue weighted by Gasteiger charge is -2.01. The molecule has 0 amide bonds. The van der Waals surface area contributed by atoms with E-state index < -0.39 is 0 Å². The predicted octanol–water partition coefficient (Wildman–Crippen LogP) is 3.47. The molecule has 15 heavy (non-hydrogen) atoms. The number of aromatic hydroxyl groups is 2. The van der Waals surface area contributed by atoms with Crippen LogP contribution in [0.25, 0.3) is 20.9 Å². The van der Waals surface area contributed by atoms with Gasteiger partial charge in [0.15, 0.2) is 5.06 Å². The van der Waals surface area contributed by atoms with Gasteiger partial charge in [-0.1, -0.05) is 29.5 Å². The van der Waals surface area contributed by atoms with E-state index in [0.717, 1.165) is 20.9 Å². The summed E-state index contributed by atoms with van der Waals surface area (Å²) >= 11 is 1.32. The maximum atomic E-state index is 9.80. The second kappa shape index (κ2) is 2.87. The van der Waals surface area contributed by atoms with Crippen LogP contribution in [0.4, 0.5) is 0 Å². The molecule has 74 valence electrons. The van der Waals surface area contributed by atoms with Crippen LogP contribution in [0.2, 0.25) is 0 Å². The summed E-state index contributed by atoms with van der Waals surface area (Å²) in [6.45, 7) is 0. The first-order valence-corrected chi connectivity index (χ1v) is 5.40. The molecule has 3 aromatic rings. The fourth-order valence-corrected chi connectivity index (χ4v) is 2.68. The number of benzene rings is 2. The van der Waals surface area contributed by atoms with Gasteiger partial charge in [-0.15, -0.1) is 0 Å². The third-order valence-electron chi connectivity index (χ3n) is 2.51. The van der Waals surface area contributed by atoms with E-state index in [-0.39, 0.29) is 10.8 Å². The van der Waals surface area contributed by atoms with E-state index in [2.05, 4.69) is 0 Å². The van der Waals surface area contributed by atoms with Gasteiger partial charge in [-0.3, -0.25) is 0 Å². The zero-order valence-electron chi connectivity index (χ0n) is 7.77. The van der Waals surface area contributed by atoms with Gasteiger partial charge >= 0.3 is 0 Å². The van der Waals surface area contributed by atoms with Crippen molar-refractivity contribution in [1.82, 2.24) is 0 Å². The Kier molecular flexibility index (Phi) is 1.64. The lowest BCUT2D eigenvalue weighted by Crippen LogP contribution is -1.73. The zero-order valence-corrected chi connectivity index (χ0v) is 8.58. The number of phenolic OH excluding ortho intramolecular Hbond substituents is 1. The summed E-state index contributed by atoms with van der Waals surface area (Å²) in [5, 5.41) is 22.2. The van der Waals surface area contributed by atoms with Crippen molar-refractivity contribution in [3.8, 4) is 10.8 Å². The fraction of sp³-hybridized carbons (Fsp3) is 0. The Morgan fingerprint density at radius 1 is 1.00 bits per heavy atom. The first-order chi connectivity index (χ1) is 7.25. The van der Waals surface area contributed by atoms with Crippen LogP contribution in [0.1, 0.15) is 0 Å². The third kappa shape index (κ3) is 1.17. The molecule has 2 N–H and O–H groups in total. The highest BCUT2D eigenvalue weighted by Gasteiger charge is 2.07. The van der Waals surface area contributed by atoms with E-state index >= 15 is 0 Å². The van der Waals surface area contributed by atoms with Gasteiger partial charge in [0.25, 0.3) is 0 Å². The number of fused-ring (bicyclic) bond motifs is 3. The average Bonchev–Trinajstić information content (AvgIpc) is 2.58. The van der Waals surface area contributed by atoms with Gasteiger partial charge in [-0.25, -0.2) is 0 Å². The molecule has 0 spiro atoms. The van der Waals surface area contributed by atoms with E-state index in [9.17, 15) is 10.2 Å². The minimum absolute atomic E-state index is 0.260.